The summed E-state index contributed by atoms with van der Waals surface area (Å²) in [6.07, 6.45) is 4.10. The van der Waals surface area contributed by atoms with Crippen molar-refractivity contribution in [3.63, 3.8) is 0 Å². The lowest BCUT2D eigenvalue weighted by atomic mass is 9.87. The molecular weight excluding hydrogens is 330 g/mol. The summed E-state index contributed by atoms with van der Waals surface area (Å²) < 4.78 is 1.79. The Morgan fingerprint density at radius 2 is 1.96 bits per heavy atom. The van der Waals surface area contributed by atoms with Gasteiger partial charge in [-0.1, -0.05) is 12.1 Å². The number of carboxylic acids is 1. The molecule has 26 heavy (non-hydrogen) atoms. The number of carbonyl (C=O) groups is 1. The number of aromatic nitrogens is 3. The molecule has 1 fully saturated rings. The normalized spacial score (nSPS) is 16.3. The van der Waals surface area contributed by atoms with Crippen LogP contribution in [0.4, 0.5) is 5.82 Å². The molecule has 1 N–H and O–H groups in total. The molecule has 3 aromatic rings. The first kappa shape index (κ1) is 16.1. The minimum absolute atomic E-state index is 0.432. The Labute approximate surface area is 150 Å². The molecule has 7 nitrogen and oxygen atoms in total. The number of nitrogens with zero attached hydrogens (tertiary/aromatic N) is 5. The molecular formula is C19H17N5O2. The van der Waals surface area contributed by atoms with Crippen molar-refractivity contribution in [1.82, 2.24) is 14.5 Å². The topological polar surface area (TPSA) is 95.0 Å². The summed E-state index contributed by atoms with van der Waals surface area (Å²) in [6, 6.07) is 13.1. The number of imidazole rings is 1. The molecule has 1 aliphatic rings. The fourth-order valence-electron chi connectivity index (χ4n) is 3.62. The first-order valence-electron chi connectivity index (χ1n) is 8.41. The largest absolute Gasteiger partial charge is 0.479 e. The molecule has 7 heteroatoms. The average molecular weight is 347 g/mol. The molecule has 2 aromatic heterocycles. The number of pyridine rings is 1. The van der Waals surface area contributed by atoms with Crippen molar-refractivity contribution in [2.24, 2.45) is 0 Å². The SMILES string of the molecule is N#Cc1ccnc(N2CCC(C(=O)O)(n3cnc4ccccc43)CC2)c1. The van der Waals surface area contributed by atoms with E-state index < -0.39 is 11.5 Å². The lowest BCUT2D eigenvalue weighted by Gasteiger charge is -2.40. The Hall–Kier alpha value is -3.40. The summed E-state index contributed by atoms with van der Waals surface area (Å²) in [7, 11) is 0. The standard InChI is InChI=1S/C19H17N5O2/c20-12-14-5-8-21-17(11-14)23-9-6-19(7-10-23,18(25)26)24-13-22-15-3-1-2-4-16(15)24/h1-5,8,11,13H,6-7,9-10H2,(H,25,26). The van der Waals surface area contributed by atoms with Crippen LogP contribution in [0.15, 0.2) is 48.9 Å². The first-order valence-corrected chi connectivity index (χ1v) is 8.41. The van der Waals surface area contributed by atoms with Gasteiger partial charge in [0.15, 0.2) is 0 Å². The molecule has 0 unspecified atom stereocenters. The van der Waals surface area contributed by atoms with Crippen molar-refractivity contribution in [2.45, 2.75) is 18.4 Å². The quantitative estimate of drug-likeness (QED) is 0.781. The highest BCUT2D eigenvalue weighted by Gasteiger charge is 2.44. The predicted octanol–water partition coefficient (Wildman–Crippen LogP) is 2.38. The smallest absolute Gasteiger partial charge is 0.330 e. The van der Waals surface area contributed by atoms with Crippen molar-refractivity contribution in [1.29, 1.82) is 5.26 Å². The summed E-state index contributed by atoms with van der Waals surface area (Å²) in [5, 5.41) is 19.1. The molecule has 0 aliphatic carbocycles. The van der Waals surface area contributed by atoms with Crippen LogP contribution in [-0.4, -0.2) is 38.7 Å². The van der Waals surface area contributed by atoms with Crippen LogP contribution in [0.1, 0.15) is 18.4 Å². The van der Waals surface area contributed by atoms with Crippen molar-refractivity contribution < 1.29 is 9.90 Å². The lowest BCUT2D eigenvalue weighted by molar-refractivity contribution is -0.148. The zero-order chi connectivity index (χ0) is 18.1. The van der Waals surface area contributed by atoms with Gasteiger partial charge in [-0.05, 0) is 37.1 Å². The van der Waals surface area contributed by atoms with Crippen molar-refractivity contribution in [3.8, 4) is 6.07 Å². The minimum atomic E-state index is -1.03. The summed E-state index contributed by atoms with van der Waals surface area (Å²) in [4.78, 5) is 22.9. The third-order valence-electron chi connectivity index (χ3n) is 5.10. The number of aliphatic carboxylic acids is 1. The predicted molar refractivity (Wildman–Crippen MR) is 95.7 cm³/mol. The number of carboxylic acid groups (broad SMARTS) is 1. The fourth-order valence-corrected chi connectivity index (χ4v) is 3.62. The monoisotopic (exact) mass is 347 g/mol. The Balaban J connectivity index is 1.66. The molecule has 4 rings (SSSR count). The van der Waals surface area contributed by atoms with Crippen molar-refractivity contribution in [3.05, 3.63) is 54.5 Å². The molecule has 130 valence electrons. The zero-order valence-corrected chi connectivity index (χ0v) is 14.0. The Morgan fingerprint density at radius 3 is 2.69 bits per heavy atom. The van der Waals surface area contributed by atoms with Gasteiger partial charge in [0.2, 0.25) is 0 Å². The molecule has 1 saturated heterocycles. The Bertz CT molecular complexity index is 1010. The van der Waals surface area contributed by atoms with E-state index in [0.717, 1.165) is 11.0 Å². The van der Waals surface area contributed by atoms with Gasteiger partial charge in [-0.25, -0.2) is 14.8 Å². The Kier molecular flexibility index (Phi) is 3.81. The van der Waals surface area contributed by atoms with E-state index in [0.29, 0.717) is 37.3 Å². The van der Waals surface area contributed by atoms with Gasteiger partial charge >= 0.3 is 5.97 Å². The van der Waals surface area contributed by atoms with Gasteiger partial charge in [-0.2, -0.15) is 5.26 Å². The molecule has 0 saturated carbocycles. The highest BCUT2D eigenvalue weighted by atomic mass is 16.4. The molecule has 0 radical (unpaired) electrons. The van der Waals surface area contributed by atoms with Gasteiger partial charge in [0.25, 0.3) is 0 Å². The maximum atomic E-state index is 12.2. The molecule has 0 spiro atoms. The third-order valence-corrected chi connectivity index (χ3v) is 5.10. The molecule has 1 aromatic carbocycles. The van der Waals surface area contributed by atoms with Crippen LogP contribution < -0.4 is 4.90 Å². The second-order valence-electron chi connectivity index (χ2n) is 6.44. The number of hydrogen-bond donors (Lipinski definition) is 1. The maximum absolute atomic E-state index is 12.2. The summed E-state index contributed by atoms with van der Waals surface area (Å²) in [6.45, 7) is 1.08. The number of rotatable bonds is 3. The number of anilines is 1. The van der Waals surface area contributed by atoms with Crippen LogP contribution in [-0.2, 0) is 10.3 Å². The average Bonchev–Trinajstić information content (AvgIpc) is 3.12. The van der Waals surface area contributed by atoms with Crippen molar-refractivity contribution >= 4 is 22.8 Å². The highest BCUT2D eigenvalue weighted by Crippen LogP contribution is 2.34. The minimum Gasteiger partial charge on any atom is -0.479 e. The number of hydrogen-bond acceptors (Lipinski definition) is 5. The van der Waals surface area contributed by atoms with E-state index in [1.54, 1.807) is 29.2 Å². The summed E-state index contributed by atoms with van der Waals surface area (Å²) in [5.41, 5.74) is 1.14. The maximum Gasteiger partial charge on any atom is 0.330 e. The van der Waals surface area contributed by atoms with Crippen LogP contribution in [0, 0.1) is 11.3 Å². The molecule has 0 atom stereocenters. The van der Waals surface area contributed by atoms with Crippen LogP contribution in [0.3, 0.4) is 0 Å². The van der Waals surface area contributed by atoms with Gasteiger partial charge in [0.1, 0.15) is 11.4 Å². The number of fused-ring (bicyclic) bond motifs is 1. The Morgan fingerprint density at radius 1 is 1.19 bits per heavy atom. The molecule has 0 amide bonds. The molecule has 0 bridgehead atoms. The first-order chi connectivity index (χ1) is 12.6. The number of benzene rings is 1. The second-order valence-corrected chi connectivity index (χ2v) is 6.44. The fraction of sp³-hybridized carbons (Fsp3) is 0.263. The van der Waals surface area contributed by atoms with E-state index in [-0.39, 0.29) is 0 Å². The van der Waals surface area contributed by atoms with E-state index in [2.05, 4.69) is 16.0 Å². The van der Waals surface area contributed by atoms with Crippen LogP contribution in [0.25, 0.3) is 11.0 Å². The van der Waals surface area contributed by atoms with E-state index >= 15 is 0 Å². The van der Waals surface area contributed by atoms with Gasteiger partial charge in [-0.3, -0.25) is 0 Å². The van der Waals surface area contributed by atoms with Gasteiger partial charge < -0.3 is 14.6 Å². The van der Waals surface area contributed by atoms with Gasteiger partial charge in [-0.15, -0.1) is 0 Å². The van der Waals surface area contributed by atoms with Crippen LogP contribution in [0.5, 0.6) is 0 Å². The second kappa shape index (κ2) is 6.15. The number of piperidine rings is 1. The molecule has 3 heterocycles. The van der Waals surface area contributed by atoms with E-state index in [9.17, 15) is 9.90 Å². The number of para-hydroxylation sites is 2. The third kappa shape index (κ3) is 2.47. The van der Waals surface area contributed by atoms with Crippen LogP contribution >= 0.6 is 0 Å². The van der Waals surface area contributed by atoms with E-state index in [1.165, 1.54) is 0 Å². The van der Waals surface area contributed by atoms with E-state index in [4.69, 9.17) is 5.26 Å². The van der Waals surface area contributed by atoms with E-state index in [1.807, 2.05) is 29.2 Å². The lowest BCUT2D eigenvalue weighted by Crippen LogP contribution is -2.51. The van der Waals surface area contributed by atoms with Gasteiger partial charge in [0, 0.05) is 19.3 Å². The molecule has 1 aliphatic heterocycles. The highest BCUT2D eigenvalue weighted by molar-refractivity contribution is 5.82. The van der Waals surface area contributed by atoms with Gasteiger partial charge in [0.05, 0.1) is 29.0 Å². The number of nitriles is 1. The van der Waals surface area contributed by atoms with Crippen LogP contribution in [0.2, 0.25) is 0 Å². The van der Waals surface area contributed by atoms with Crippen molar-refractivity contribution in [2.75, 3.05) is 18.0 Å². The summed E-state index contributed by atoms with van der Waals surface area (Å²) >= 11 is 0. The zero-order valence-electron chi connectivity index (χ0n) is 14.0. The summed E-state index contributed by atoms with van der Waals surface area (Å²) in [5.74, 6) is -0.141.